The number of hydrogen-bond donors (Lipinski definition) is 1. The van der Waals surface area contributed by atoms with Gasteiger partial charge in [-0.3, -0.25) is 0 Å². The normalized spacial score (nSPS) is 10.3. The molecule has 0 fully saturated rings. The molecule has 0 amide bonds. The molecule has 0 aromatic heterocycles. The highest BCUT2D eigenvalue weighted by molar-refractivity contribution is 7.80. The van der Waals surface area contributed by atoms with Gasteiger partial charge in [0.25, 0.3) is 0 Å². The molecule has 0 spiro atoms. The van der Waals surface area contributed by atoms with E-state index in [2.05, 4.69) is 0 Å². The standard InChI is InChI=1S/C13H8Cl2FNOS/c14-7-4-5-10(8(15)6-7)18-11-3-1-2-9(16)12(11)13(17)19/h1-6H,(H2,17,19). The van der Waals surface area contributed by atoms with E-state index in [0.29, 0.717) is 15.8 Å². The van der Waals surface area contributed by atoms with Crippen LogP contribution in [0.5, 0.6) is 11.5 Å². The van der Waals surface area contributed by atoms with E-state index in [1.807, 2.05) is 0 Å². The molecule has 2 nitrogen and oxygen atoms in total. The molecule has 0 atom stereocenters. The van der Waals surface area contributed by atoms with Gasteiger partial charge in [-0.15, -0.1) is 0 Å². The van der Waals surface area contributed by atoms with Crippen molar-refractivity contribution >= 4 is 40.4 Å². The van der Waals surface area contributed by atoms with Gasteiger partial charge in [0.05, 0.1) is 10.6 Å². The fraction of sp³-hybridized carbons (Fsp3) is 0. The van der Waals surface area contributed by atoms with E-state index < -0.39 is 5.82 Å². The van der Waals surface area contributed by atoms with Crippen molar-refractivity contribution in [3.05, 3.63) is 57.8 Å². The van der Waals surface area contributed by atoms with Gasteiger partial charge in [-0.1, -0.05) is 41.5 Å². The van der Waals surface area contributed by atoms with Crippen molar-refractivity contribution < 1.29 is 9.13 Å². The SMILES string of the molecule is NC(=S)c1c(F)cccc1Oc1ccc(Cl)cc1Cl. The highest BCUT2D eigenvalue weighted by atomic mass is 35.5. The van der Waals surface area contributed by atoms with E-state index in [-0.39, 0.29) is 16.3 Å². The Hall–Kier alpha value is -1.36. The van der Waals surface area contributed by atoms with Crippen molar-refractivity contribution in [3.63, 3.8) is 0 Å². The highest BCUT2D eigenvalue weighted by Crippen LogP contribution is 2.33. The molecular weight excluding hydrogens is 308 g/mol. The molecule has 98 valence electrons. The predicted octanol–water partition coefficient (Wildman–Crippen LogP) is 4.56. The Bertz CT molecular complexity index is 649. The van der Waals surface area contributed by atoms with Gasteiger partial charge in [0.2, 0.25) is 0 Å². The van der Waals surface area contributed by atoms with Crippen LogP contribution in [0, 0.1) is 5.82 Å². The number of thiocarbonyl (C=S) groups is 1. The molecule has 0 aliphatic rings. The smallest absolute Gasteiger partial charge is 0.146 e. The fourth-order valence-corrected chi connectivity index (χ4v) is 2.15. The summed E-state index contributed by atoms with van der Waals surface area (Å²) in [7, 11) is 0. The molecular formula is C13H8Cl2FNOS. The third-order valence-corrected chi connectivity index (χ3v) is 3.07. The van der Waals surface area contributed by atoms with Gasteiger partial charge in [-0.2, -0.15) is 0 Å². The van der Waals surface area contributed by atoms with E-state index in [1.54, 1.807) is 18.2 Å². The molecule has 6 heteroatoms. The van der Waals surface area contributed by atoms with Gasteiger partial charge in [0.1, 0.15) is 22.3 Å². The molecule has 0 saturated heterocycles. The lowest BCUT2D eigenvalue weighted by atomic mass is 10.2. The van der Waals surface area contributed by atoms with Crippen LogP contribution in [0.4, 0.5) is 4.39 Å². The van der Waals surface area contributed by atoms with E-state index in [9.17, 15) is 4.39 Å². The Morgan fingerprint density at radius 3 is 2.53 bits per heavy atom. The van der Waals surface area contributed by atoms with Gasteiger partial charge in [0, 0.05) is 5.02 Å². The summed E-state index contributed by atoms with van der Waals surface area (Å²) in [6.45, 7) is 0. The zero-order valence-electron chi connectivity index (χ0n) is 9.49. The highest BCUT2D eigenvalue weighted by Gasteiger charge is 2.14. The van der Waals surface area contributed by atoms with Crippen LogP contribution >= 0.6 is 35.4 Å². The summed E-state index contributed by atoms with van der Waals surface area (Å²) in [5.41, 5.74) is 5.53. The molecule has 0 bridgehead atoms. The molecule has 2 N–H and O–H groups in total. The molecule has 0 aliphatic heterocycles. The van der Waals surface area contributed by atoms with Crippen molar-refractivity contribution in [2.45, 2.75) is 0 Å². The van der Waals surface area contributed by atoms with Gasteiger partial charge in [-0.05, 0) is 30.3 Å². The largest absolute Gasteiger partial charge is 0.455 e. The van der Waals surface area contributed by atoms with Gasteiger partial charge >= 0.3 is 0 Å². The minimum atomic E-state index is -0.546. The van der Waals surface area contributed by atoms with Crippen LogP contribution in [-0.4, -0.2) is 4.99 Å². The van der Waals surface area contributed by atoms with E-state index >= 15 is 0 Å². The van der Waals surface area contributed by atoms with Crippen LogP contribution in [0.2, 0.25) is 10.0 Å². The van der Waals surface area contributed by atoms with Crippen molar-refractivity contribution in [2.75, 3.05) is 0 Å². The predicted molar refractivity (Wildman–Crippen MR) is 78.8 cm³/mol. The van der Waals surface area contributed by atoms with E-state index in [0.717, 1.165) is 0 Å². The van der Waals surface area contributed by atoms with Crippen molar-refractivity contribution in [1.29, 1.82) is 0 Å². The molecule has 2 aromatic rings. The van der Waals surface area contributed by atoms with Crippen LogP contribution in [0.3, 0.4) is 0 Å². The number of benzene rings is 2. The first kappa shape index (κ1) is 14.1. The van der Waals surface area contributed by atoms with Crippen LogP contribution in [0.1, 0.15) is 5.56 Å². The topological polar surface area (TPSA) is 35.2 Å². The zero-order chi connectivity index (χ0) is 14.0. The first-order valence-electron chi connectivity index (χ1n) is 5.20. The Morgan fingerprint density at radius 2 is 1.89 bits per heavy atom. The summed E-state index contributed by atoms with van der Waals surface area (Å²) in [4.78, 5) is -0.0850. The molecule has 2 rings (SSSR count). The van der Waals surface area contributed by atoms with Crippen LogP contribution in [0.15, 0.2) is 36.4 Å². The minimum absolute atomic E-state index is 0.0449. The average Bonchev–Trinajstić information content (AvgIpc) is 2.32. The molecule has 2 aromatic carbocycles. The monoisotopic (exact) mass is 315 g/mol. The number of nitrogens with two attached hydrogens (primary N) is 1. The summed E-state index contributed by atoms with van der Waals surface area (Å²) in [6.07, 6.45) is 0. The summed E-state index contributed by atoms with van der Waals surface area (Å²) in [5.74, 6) is 0.000903. The molecule has 0 heterocycles. The lowest BCUT2D eigenvalue weighted by Gasteiger charge is -2.12. The van der Waals surface area contributed by atoms with Crippen LogP contribution in [-0.2, 0) is 0 Å². The molecule has 0 radical (unpaired) electrons. The van der Waals surface area contributed by atoms with Crippen molar-refractivity contribution in [1.82, 2.24) is 0 Å². The van der Waals surface area contributed by atoms with E-state index in [4.69, 9.17) is 45.9 Å². The summed E-state index contributed by atoms with van der Waals surface area (Å²) < 4.78 is 19.2. The Morgan fingerprint density at radius 1 is 1.16 bits per heavy atom. The first-order chi connectivity index (χ1) is 8.99. The maximum atomic E-state index is 13.7. The fourth-order valence-electron chi connectivity index (χ4n) is 1.50. The average molecular weight is 316 g/mol. The van der Waals surface area contributed by atoms with Gasteiger partial charge < -0.3 is 10.5 Å². The maximum absolute atomic E-state index is 13.7. The Labute approximate surface area is 124 Å². The summed E-state index contributed by atoms with van der Waals surface area (Å²) >= 11 is 16.6. The zero-order valence-corrected chi connectivity index (χ0v) is 11.8. The van der Waals surface area contributed by atoms with Crippen molar-refractivity contribution in [2.24, 2.45) is 5.73 Å². The van der Waals surface area contributed by atoms with Gasteiger partial charge in [-0.25, -0.2) is 4.39 Å². The number of halogens is 3. The molecule has 19 heavy (non-hydrogen) atoms. The minimum Gasteiger partial charge on any atom is -0.455 e. The third kappa shape index (κ3) is 3.15. The molecule has 0 saturated carbocycles. The quantitative estimate of drug-likeness (QED) is 0.843. The number of rotatable bonds is 3. The second kappa shape index (κ2) is 5.74. The lowest BCUT2D eigenvalue weighted by molar-refractivity contribution is 0.475. The number of hydrogen-bond acceptors (Lipinski definition) is 2. The number of ether oxygens (including phenoxy) is 1. The van der Waals surface area contributed by atoms with E-state index in [1.165, 1.54) is 18.2 Å². The maximum Gasteiger partial charge on any atom is 0.146 e. The van der Waals surface area contributed by atoms with Crippen molar-refractivity contribution in [3.8, 4) is 11.5 Å². The lowest BCUT2D eigenvalue weighted by Crippen LogP contribution is -2.13. The van der Waals surface area contributed by atoms with Crippen LogP contribution in [0.25, 0.3) is 0 Å². The molecule has 0 unspecified atom stereocenters. The molecule has 0 aliphatic carbocycles. The first-order valence-corrected chi connectivity index (χ1v) is 6.36. The Kier molecular flexibility index (Phi) is 4.24. The summed E-state index contributed by atoms with van der Waals surface area (Å²) in [5, 5.41) is 0.789. The van der Waals surface area contributed by atoms with Crippen LogP contribution < -0.4 is 10.5 Å². The summed E-state index contributed by atoms with van der Waals surface area (Å²) in [6, 6.07) is 9.03. The Balaban J connectivity index is 2.44. The third-order valence-electron chi connectivity index (χ3n) is 2.34. The second-order valence-corrected chi connectivity index (χ2v) is 4.94. The van der Waals surface area contributed by atoms with Gasteiger partial charge in [0.15, 0.2) is 0 Å². The second-order valence-electron chi connectivity index (χ2n) is 3.65.